The van der Waals surface area contributed by atoms with Crippen LogP contribution in [-0.2, 0) is 4.79 Å². The molecule has 0 bridgehead atoms. The number of carbonyl (C=O) groups is 1. The topological polar surface area (TPSA) is 105 Å². The summed E-state index contributed by atoms with van der Waals surface area (Å²) in [5.74, 6) is -0.00648. The molecule has 0 heterocycles. The van der Waals surface area contributed by atoms with Crippen LogP contribution >= 0.6 is 0 Å². The monoisotopic (exact) mass is 203 g/mol. The van der Waals surface area contributed by atoms with E-state index in [-0.39, 0.29) is 5.91 Å². The maximum Gasteiger partial charge on any atom is 0.234 e. The molecule has 6 nitrogen and oxygen atoms in total. The summed E-state index contributed by atoms with van der Waals surface area (Å²) in [6, 6.07) is 0. The highest BCUT2D eigenvalue weighted by molar-refractivity contribution is 5.77. The number of hydrogen-bond acceptors (Lipinski definition) is 5. The number of carbonyl (C=O) groups excluding carboxylic acids is 1. The van der Waals surface area contributed by atoms with Gasteiger partial charge >= 0.3 is 0 Å². The largest absolute Gasteiger partial charge is 0.354 e. The van der Waals surface area contributed by atoms with E-state index in [9.17, 15) is 4.79 Å². The Balaban J connectivity index is 3.10. The van der Waals surface area contributed by atoms with Crippen molar-refractivity contribution >= 4 is 5.91 Å². The lowest BCUT2D eigenvalue weighted by Gasteiger charge is -2.06. The summed E-state index contributed by atoms with van der Waals surface area (Å²) < 4.78 is 0. The Morgan fingerprint density at radius 2 is 1.57 bits per heavy atom. The van der Waals surface area contributed by atoms with Crippen molar-refractivity contribution in [3.63, 3.8) is 0 Å². The molecular weight excluding hydrogens is 182 g/mol. The quantitative estimate of drug-likeness (QED) is 0.260. The molecule has 0 radical (unpaired) electrons. The van der Waals surface area contributed by atoms with E-state index in [0.717, 1.165) is 13.1 Å². The van der Waals surface area contributed by atoms with Crippen LogP contribution in [0.25, 0.3) is 0 Å². The molecule has 0 aliphatic rings. The van der Waals surface area contributed by atoms with Gasteiger partial charge in [0.2, 0.25) is 5.91 Å². The minimum absolute atomic E-state index is 0.00648. The molecule has 0 aromatic carbocycles. The van der Waals surface area contributed by atoms with Crippen LogP contribution in [0.4, 0.5) is 0 Å². The molecule has 0 aliphatic carbocycles. The molecule has 6 heteroatoms. The molecule has 0 rings (SSSR count). The van der Waals surface area contributed by atoms with Gasteiger partial charge in [-0.25, -0.2) is 0 Å². The first kappa shape index (κ1) is 13.3. The number of rotatable bonds is 9. The third-order valence-electron chi connectivity index (χ3n) is 1.55. The average Bonchev–Trinajstić information content (AvgIpc) is 2.18. The molecule has 0 aliphatic heterocycles. The fourth-order valence-corrected chi connectivity index (χ4v) is 0.884. The van der Waals surface area contributed by atoms with Gasteiger partial charge in [0.15, 0.2) is 0 Å². The first-order valence-corrected chi connectivity index (χ1v) is 4.89. The first-order chi connectivity index (χ1) is 6.81. The van der Waals surface area contributed by atoms with Crippen LogP contribution in [0, 0.1) is 0 Å². The van der Waals surface area contributed by atoms with E-state index in [0.29, 0.717) is 32.7 Å². The standard InChI is InChI=1S/C8H21N5O/c9-1-3-11-5-6-13-8(14)7-12-4-2-10/h11-12H,1-7,9-10H2,(H,13,14). The molecule has 0 unspecified atom stereocenters. The molecule has 0 saturated heterocycles. The number of nitrogens with two attached hydrogens (primary N) is 2. The van der Waals surface area contributed by atoms with Crippen molar-refractivity contribution in [1.82, 2.24) is 16.0 Å². The Labute approximate surface area is 84.8 Å². The molecule has 0 fully saturated rings. The van der Waals surface area contributed by atoms with Gasteiger partial charge in [0, 0.05) is 39.3 Å². The van der Waals surface area contributed by atoms with Gasteiger partial charge in [0.25, 0.3) is 0 Å². The Morgan fingerprint density at radius 3 is 2.21 bits per heavy atom. The van der Waals surface area contributed by atoms with Crippen molar-refractivity contribution in [3.8, 4) is 0 Å². The van der Waals surface area contributed by atoms with Crippen LogP contribution in [0.5, 0.6) is 0 Å². The minimum Gasteiger partial charge on any atom is -0.354 e. The zero-order chi connectivity index (χ0) is 10.6. The first-order valence-electron chi connectivity index (χ1n) is 4.89. The molecule has 7 N–H and O–H groups in total. The molecule has 1 amide bonds. The maximum atomic E-state index is 11.1. The van der Waals surface area contributed by atoms with E-state index >= 15 is 0 Å². The Hall–Kier alpha value is -0.690. The summed E-state index contributed by atoms with van der Waals surface area (Å²) in [6.07, 6.45) is 0. The predicted molar refractivity (Wildman–Crippen MR) is 56.9 cm³/mol. The summed E-state index contributed by atoms with van der Waals surface area (Å²) in [4.78, 5) is 11.1. The second kappa shape index (κ2) is 10.4. The molecule has 0 aromatic rings. The fourth-order valence-electron chi connectivity index (χ4n) is 0.884. The minimum atomic E-state index is -0.00648. The van der Waals surface area contributed by atoms with E-state index in [1.165, 1.54) is 0 Å². The van der Waals surface area contributed by atoms with Gasteiger partial charge in [0.05, 0.1) is 6.54 Å². The molecule has 0 spiro atoms. The fraction of sp³-hybridized carbons (Fsp3) is 0.875. The number of hydrogen-bond donors (Lipinski definition) is 5. The highest BCUT2D eigenvalue weighted by atomic mass is 16.1. The SMILES string of the molecule is NCCNCCNC(=O)CNCCN. The third kappa shape index (κ3) is 9.40. The third-order valence-corrected chi connectivity index (χ3v) is 1.55. The van der Waals surface area contributed by atoms with Crippen LogP contribution in [0.15, 0.2) is 0 Å². The molecule has 14 heavy (non-hydrogen) atoms. The molecule has 0 aromatic heterocycles. The smallest absolute Gasteiger partial charge is 0.234 e. The zero-order valence-corrected chi connectivity index (χ0v) is 8.51. The lowest BCUT2D eigenvalue weighted by atomic mass is 10.5. The van der Waals surface area contributed by atoms with Crippen LogP contribution in [-0.4, -0.2) is 51.7 Å². The average molecular weight is 203 g/mol. The summed E-state index contributed by atoms with van der Waals surface area (Å²) >= 11 is 0. The highest BCUT2D eigenvalue weighted by Gasteiger charge is 1.97. The summed E-state index contributed by atoms with van der Waals surface area (Å²) in [5, 5.41) is 8.74. The van der Waals surface area contributed by atoms with Crippen LogP contribution in [0.3, 0.4) is 0 Å². The lowest BCUT2D eigenvalue weighted by molar-refractivity contribution is -0.120. The van der Waals surface area contributed by atoms with E-state index in [1.54, 1.807) is 0 Å². The maximum absolute atomic E-state index is 11.1. The van der Waals surface area contributed by atoms with Crippen LogP contribution < -0.4 is 27.4 Å². The van der Waals surface area contributed by atoms with Crippen molar-refractivity contribution < 1.29 is 4.79 Å². The summed E-state index contributed by atoms with van der Waals surface area (Å²) in [5.41, 5.74) is 10.5. The summed E-state index contributed by atoms with van der Waals surface area (Å²) in [6.45, 7) is 4.31. The Morgan fingerprint density at radius 1 is 0.929 bits per heavy atom. The second-order valence-electron chi connectivity index (χ2n) is 2.85. The van der Waals surface area contributed by atoms with Crippen molar-refractivity contribution in [2.45, 2.75) is 0 Å². The lowest BCUT2D eigenvalue weighted by Crippen LogP contribution is -2.39. The van der Waals surface area contributed by atoms with E-state index < -0.39 is 0 Å². The van der Waals surface area contributed by atoms with Gasteiger partial charge < -0.3 is 27.4 Å². The molecule has 84 valence electrons. The molecule has 0 atom stereocenters. The second-order valence-corrected chi connectivity index (χ2v) is 2.85. The van der Waals surface area contributed by atoms with Gasteiger partial charge in [-0.05, 0) is 0 Å². The Kier molecular flexibility index (Phi) is 9.88. The highest BCUT2D eigenvalue weighted by Crippen LogP contribution is 1.64. The van der Waals surface area contributed by atoms with Crippen LogP contribution in [0.1, 0.15) is 0 Å². The van der Waals surface area contributed by atoms with Crippen molar-refractivity contribution in [2.75, 3.05) is 45.8 Å². The Bertz CT molecular complexity index is 142. The van der Waals surface area contributed by atoms with Gasteiger partial charge in [-0.2, -0.15) is 0 Å². The van der Waals surface area contributed by atoms with Crippen molar-refractivity contribution in [1.29, 1.82) is 0 Å². The van der Waals surface area contributed by atoms with Crippen molar-refractivity contribution in [3.05, 3.63) is 0 Å². The van der Waals surface area contributed by atoms with Gasteiger partial charge in [-0.1, -0.05) is 0 Å². The van der Waals surface area contributed by atoms with Crippen molar-refractivity contribution in [2.24, 2.45) is 11.5 Å². The molecular formula is C8H21N5O. The zero-order valence-electron chi connectivity index (χ0n) is 8.51. The summed E-state index contributed by atoms with van der Waals surface area (Å²) in [7, 11) is 0. The van der Waals surface area contributed by atoms with Gasteiger partial charge in [-0.15, -0.1) is 0 Å². The number of amides is 1. The molecule has 0 saturated carbocycles. The van der Waals surface area contributed by atoms with E-state index in [1.807, 2.05) is 0 Å². The van der Waals surface area contributed by atoms with Crippen LogP contribution in [0.2, 0.25) is 0 Å². The predicted octanol–water partition coefficient (Wildman–Crippen LogP) is -2.80. The van der Waals surface area contributed by atoms with Gasteiger partial charge in [0.1, 0.15) is 0 Å². The normalized spacial score (nSPS) is 10.1. The number of nitrogens with one attached hydrogen (secondary N) is 3. The van der Waals surface area contributed by atoms with E-state index in [2.05, 4.69) is 16.0 Å². The van der Waals surface area contributed by atoms with E-state index in [4.69, 9.17) is 11.5 Å². The van der Waals surface area contributed by atoms with Gasteiger partial charge in [-0.3, -0.25) is 4.79 Å².